The van der Waals surface area contributed by atoms with Gasteiger partial charge in [-0.05, 0) is 43.2 Å². The van der Waals surface area contributed by atoms with Gasteiger partial charge in [0, 0.05) is 17.2 Å². The summed E-state index contributed by atoms with van der Waals surface area (Å²) in [6.45, 7) is 0.578. The van der Waals surface area contributed by atoms with Crippen LogP contribution in [0.3, 0.4) is 0 Å². The predicted octanol–water partition coefficient (Wildman–Crippen LogP) is 3.44. The van der Waals surface area contributed by atoms with Crippen LogP contribution < -0.4 is 5.32 Å². The molecule has 3 nitrogen and oxygen atoms in total. The van der Waals surface area contributed by atoms with E-state index in [9.17, 15) is 4.79 Å². The summed E-state index contributed by atoms with van der Waals surface area (Å²) in [5.74, 6) is 0.978. The van der Waals surface area contributed by atoms with Crippen molar-refractivity contribution in [3.63, 3.8) is 0 Å². The first kappa shape index (κ1) is 13.9. The molecule has 1 amide bonds. The molecule has 0 saturated heterocycles. The van der Waals surface area contributed by atoms with E-state index < -0.39 is 0 Å². The highest BCUT2D eigenvalue weighted by molar-refractivity contribution is 7.09. The molecule has 1 saturated carbocycles. The van der Waals surface area contributed by atoms with Crippen LogP contribution in [-0.4, -0.2) is 10.9 Å². The van der Waals surface area contributed by atoms with E-state index in [4.69, 9.17) is 0 Å². The number of carbonyl (C=O) groups excluding carboxylic acids is 1. The average molecular weight is 312 g/mol. The Balaban J connectivity index is 1.34. The Labute approximate surface area is 134 Å². The molecule has 0 aliphatic heterocycles. The number of nitrogens with one attached hydrogen (secondary N) is 1. The number of carbonyl (C=O) groups is 1. The number of benzene rings is 1. The molecule has 1 fully saturated rings. The third-order valence-electron chi connectivity index (χ3n) is 4.70. The summed E-state index contributed by atoms with van der Waals surface area (Å²) < 4.78 is 0. The molecule has 4 heteroatoms. The minimum absolute atomic E-state index is 0.109. The Kier molecular flexibility index (Phi) is 3.70. The van der Waals surface area contributed by atoms with E-state index in [1.54, 1.807) is 11.3 Å². The summed E-state index contributed by atoms with van der Waals surface area (Å²) in [6, 6.07) is 8.48. The van der Waals surface area contributed by atoms with E-state index in [2.05, 4.69) is 39.9 Å². The lowest BCUT2D eigenvalue weighted by Crippen LogP contribution is -2.33. The van der Waals surface area contributed by atoms with Crippen LogP contribution in [0.15, 0.2) is 29.6 Å². The van der Waals surface area contributed by atoms with Crippen molar-refractivity contribution in [1.82, 2.24) is 10.3 Å². The fourth-order valence-corrected chi connectivity index (χ4v) is 4.02. The predicted molar refractivity (Wildman–Crippen MR) is 87.9 cm³/mol. The average Bonchev–Trinajstić information content (AvgIpc) is 3.31. The molecule has 22 heavy (non-hydrogen) atoms. The summed E-state index contributed by atoms with van der Waals surface area (Å²) in [5.41, 5.74) is 3.96. The van der Waals surface area contributed by atoms with E-state index >= 15 is 0 Å². The fraction of sp³-hybridized carbons (Fsp3) is 0.444. The molecule has 1 heterocycles. The topological polar surface area (TPSA) is 42.0 Å². The van der Waals surface area contributed by atoms with E-state index in [0.29, 0.717) is 12.5 Å². The van der Waals surface area contributed by atoms with Crippen molar-refractivity contribution in [2.24, 2.45) is 5.92 Å². The van der Waals surface area contributed by atoms with Crippen LogP contribution in [0.2, 0.25) is 0 Å². The molecule has 4 rings (SSSR count). The Morgan fingerprint density at radius 1 is 1.23 bits per heavy atom. The summed E-state index contributed by atoms with van der Waals surface area (Å²) >= 11 is 1.67. The molecule has 2 aliphatic rings. The van der Waals surface area contributed by atoms with Gasteiger partial charge in [0.2, 0.25) is 5.91 Å². The van der Waals surface area contributed by atoms with Crippen molar-refractivity contribution >= 4 is 17.2 Å². The van der Waals surface area contributed by atoms with Gasteiger partial charge in [-0.25, -0.2) is 4.98 Å². The van der Waals surface area contributed by atoms with Gasteiger partial charge in [0.05, 0.1) is 12.2 Å². The number of aromatic nitrogens is 1. The summed E-state index contributed by atoms with van der Waals surface area (Å²) in [7, 11) is 0. The second kappa shape index (κ2) is 5.84. The zero-order valence-corrected chi connectivity index (χ0v) is 13.4. The lowest BCUT2D eigenvalue weighted by atomic mass is 9.83. The van der Waals surface area contributed by atoms with Crippen molar-refractivity contribution in [3.8, 4) is 0 Å². The maximum atomic E-state index is 12.4. The highest BCUT2D eigenvalue weighted by atomic mass is 32.1. The van der Waals surface area contributed by atoms with Gasteiger partial charge >= 0.3 is 0 Å². The van der Waals surface area contributed by atoms with Crippen molar-refractivity contribution in [2.75, 3.05) is 0 Å². The maximum Gasteiger partial charge on any atom is 0.223 e. The Morgan fingerprint density at radius 2 is 2.05 bits per heavy atom. The van der Waals surface area contributed by atoms with E-state index in [-0.39, 0.29) is 11.8 Å². The number of hydrogen-bond acceptors (Lipinski definition) is 3. The molecule has 2 aliphatic carbocycles. The van der Waals surface area contributed by atoms with Crippen LogP contribution in [0, 0.1) is 5.92 Å². The molecule has 1 aromatic heterocycles. The minimum Gasteiger partial charge on any atom is -0.349 e. The third kappa shape index (κ3) is 2.93. The van der Waals surface area contributed by atoms with E-state index in [0.717, 1.165) is 24.3 Å². The fourth-order valence-electron chi connectivity index (χ4n) is 3.20. The van der Waals surface area contributed by atoms with Crippen LogP contribution in [0.25, 0.3) is 0 Å². The standard InChI is InChI=1S/C18H20N2OS/c21-18(15-8-5-12-3-1-2-4-14(12)9-15)19-10-17-20-16(11-22-17)13-6-7-13/h1-4,11,13,15H,5-10H2,(H,19,21). The van der Waals surface area contributed by atoms with Crippen LogP contribution in [0.4, 0.5) is 0 Å². The van der Waals surface area contributed by atoms with Crippen LogP contribution in [0.1, 0.15) is 47.0 Å². The van der Waals surface area contributed by atoms with Crippen LogP contribution >= 0.6 is 11.3 Å². The first-order chi connectivity index (χ1) is 10.8. The SMILES string of the molecule is O=C(NCc1nc(C2CC2)cs1)C1CCc2ccccc2C1. The quantitative estimate of drug-likeness (QED) is 0.939. The molecule has 1 atom stereocenters. The Hall–Kier alpha value is -1.68. The molecule has 1 aromatic carbocycles. The second-order valence-electron chi connectivity index (χ2n) is 6.37. The molecule has 1 unspecified atom stereocenters. The van der Waals surface area contributed by atoms with Gasteiger partial charge in [0.1, 0.15) is 5.01 Å². The normalized spacial score (nSPS) is 20.5. The molecular formula is C18H20N2OS. The first-order valence-electron chi connectivity index (χ1n) is 8.08. The van der Waals surface area contributed by atoms with Crippen molar-refractivity contribution in [1.29, 1.82) is 0 Å². The zero-order valence-electron chi connectivity index (χ0n) is 12.5. The Bertz CT molecular complexity index is 690. The van der Waals surface area contributed by atoms with Crippen LogP contribution in [-0.2, 0) is 24.2 Å². The smallest absolute Gasteiger partial charge is 0.223 e. The highest BCUT2D eigenvalue weighted by Gasteiger charge is 2.27. The Morgan fingerprint density at radius 3 is 2.86 bits per heavy atom. The number of hydrogen-bond donors (Lipinski definition) is 1. The van der Waals surface area contributed by atoms with Gasteiger partial charge in [-0.15, -0.1) is 11.3 Å². The van der Waals surface area contributed by atoms with E-state index in [1.165, 1.54) is 29.7 Å². The zero-order chi connectivity index (χ0) is 14.9. The number of thiazole rings is 1. The maximum absolute atomic E-state index is 12.4. The molecule has 114 valence electrons. The van der Waals surface area contributed by atoms with Gasteiger partial charge in [-0.1, -0.05) is 24.3 Å². The van der Waals surface area contributed by atoms with Gasteiger partial charge in [-0.3, -0.25) is 4.79 Å². The van der Waals surface area contributed by atoms with E-state index in [1.807, 2.05) is 0 Å². The van der Waals surface area contributed by atoms with Crippen molar-refractivity contribution in [2.45, 2.75) is 44.6 Å². The lowest BCUT2D eigenvalue weighted by Gasteiger charge is -2.23. The number of aryl methyl sites for hydroxylation is 1. The monoisotopic (exact) mass is 312 g/mol. The molecule has 0 spiro atoms. The van der Waals surface area contributed by atoms with Gasteiger partial charge in [0.15, 0.2) is 0 Å². The first-order valence-corrected chi connectivity index (χ1v) is 8.96. The molecule has 0 radical (unpaired) electrons. The summed E-state index contributed by atoms with van der Waals surface area (Å²) in [4.78, 5) is 17.0. The molecular weight excluding hydrogens is 292 g/mol. The second-order valence-corrected chi connectivity index (χ2v) is 7.31. The lowest BCUT2D eigenvalue weighted by molar-refractivity contribution is -0.125. The highest BCUT2D eigenvalue weighted by Crippen LogP contribution is 2.40. The third-order valence-corrected chi connectivity index (χ3v) is 5.56. The van der Waals surface area contributed by atoms with Crippen LogP contribution in [0.5, 0.6) is 0 Å². The minimum atomic E-state index is 0.109. The number of amides is 1. The number of nitrogens with zero attached hydrogens (tertiary/aromatic N) is 1. The number of fused-ring (bicyclic) bond motifs is 1. The van der Waals surface area contributed by atoms with Gasteiger partial charge in [-0.2, -0.15) is 0 Å². The summed E-state index contributed by atoms with van der Waals surface area (Å²) in [6.07, 6.45) is 5.38. The van der Waals surface area contributed by atoms with Gasteiger partial charge < -0.3 is 5.32 Å². The van der Waals surface area contributed by atoms with Gasteiger partial charge in [0.25, 0.3) is 0 Å². The van der Waals surface area contributed by atoms with Crippen molar-refractivity contribution < 1.29 is 4.79 Å². The largest absolute Gasteiger partial charge is 0.349 e. The molecule has 2 aromatic rings. The molecule has 1 N–H and O–H groups in total. The molecule has 0 bridgehead atoms. The number of rotatable bonds is 4. The summed E-state index contributed by atoms with van der Waals surface area (Å²) in [5, 5.41) is 6.26. The van der Waals surface area contributed by atoms with Crippen molar-refractivity contribution in [3.05, 3.63) is 51.5 Å².